The number of amides is 1. The first-order valence-electron chi connectivity index (χ1n) is 10.0. The topological polar surface area (TPSA) is 69.7 Å². The largest absolute Gasteiger partial charge is 0.352 e. The van der Waals surface area contributed by atoms with Crippen LogP contribution in [0.15, 0.2) is 53.4 Å². The van der Waals surface area contributed by atoms with Crippen LogP contribution in [0.1, 0.15) is 35.2 Å². The number of hydrogen-bond acceptors (Lipinski definition) is 4. The monoisotopic (exact) mass is 415 g/mol. The van der Waals surface area contributed by atoms with E-state index in [4.69, 9.17) is 0 Å². The lowest BCUT2D eigenvalue weighted by atomic mass is 10.2. The van der Waals surface area contributed by atoms with Crippen molar-refractivity contribution in [2.24, 2.45) is 0 Å². The van der Waals surface area contributed by atoms with Crippen LogP contribution in [0.5, 0.6) is 0 Å². The van der Waals surface area contributed by atoms with E-state index in [9.17, 15) is 13.2 Å². The summed E-state index contributed by atoms with van der Waals surface area (Å²) < 4.78 is 26.8. The van der Waals surface area contributed by atoms with Gasteiger partial charge in [0.15, 0.2) is 0 Å². The average Bonchev–Trinajstić information content (AvgIpc) is 3.24. The van der Waals surface area contributed by atoms with Crippen LogP contribution in [0, 0.1) is 6.92 Å². The summed E-state index contributed by atoms with van der Waals surface area (Å²) >= 11 is 0. The lowest BCUT2D eigenvalue weighted by Crippen LogP contribution is -2.29. The van der Waals surface area contributed by atoms with Crippen molar-refractivity contribution in [3.8, 4) is 0 Å². The van der Waals surface area contributed by atoms with Gasteiger partial charge in [-0.2, -0.15) is 0 Å². The van der Waals surface area contributed by atoms with Gasteiger partial charge in [0.05, 0.1) is 10.6 Å². The number of aryl methyl sites for hydroxylation is 1. The quantitative estimate of drug-likeness (QED) is 0.673. The summed E-state index contributed by atoms with van der Waals surface area (Å²) in [6.45, 7) is 5.89. The first kappa shape index (κ1) is 21.3. The molecular weight excluding hydrogens is 386 g/mol. The van der Waals surface area contributed by atoms with E-state index in [-0.39, 0.29) is 10.8 Å². The summed E-state index contributed by atoms with van der Waals surface area (Å²) in [6, 6.07) is 13.4. The van der Waals surface area contributed by atoms with E-state index >= 15 is 0 Å². The molecule has 29 heavy (non-hydrogen) atoms. The highest BCUT2D eigenvalue weighted by molar-refractivity contribution is 7.92. The lowest BCUT2D eigenvalue weighted by Gasteiger charge is -2.20. The molecule has 6 nitrogen and oxygen atoms in total. The van der Waals surface area contributed by atoms with Crippen LogP contribution in [-0.2, 0) is 10.0 Å². The van der Waals surface area contributed by atoms with Crippen LogP contribution in [-0.4, -0.2) is 52.5 Å². The summed E-state index contributed by atoms with van der Waals surface area (Å²) in [4.78, 5) is 15.0. The smallest absolute Gasteiger partial charge is 0.264 e. The Bertz CT molecular complexity index is 919. The molecule has 1 N–H and O–H groups in total. The fourth-order valence-electron chi connectivity index (χ4n) is 3.44. The Hall–Kier alpha value is -2.38. The fraction of sp³-hybridized carbons (Fsp3) is 0.409. The van der Waals surface area contributed by atoms with Crippen molar-refractivity contribution >= 4 is 21.6 Å². The van der Waals surface area contributed by atoms with Gasteiger partial charge in [-0.3, -0.25) is 9.10 Å². The second-order valence-corrected chi connectivity index (χ2v) is 9.46. The Balaban J connectivity index is 1.57. The maximum Gasteiger partial charge on any atom is 0.264 e. The molecule has 1 fully saturated rings. The molecule has 1 aliphatic rings. The molecule has 1 heterocycles. The number of carbonyl (C=O) groups excluding carboxylic acids is 1. The molecule has 0 atom stereocenters. The summed E-state index contributed by atoms with van der Waals surface area (Å²) in [5, 5.41) is 2.94. The number of rotatable bonds is 8. The normalized spacial score (nSPS) is 14.7. The van der Waals surface area contributed by atoms with Crippen molar-refractivity contribution in [2.45, 2.75) is 31.1 Å². The SMILES string of the molecule is Cc1ccc(S(=O)(=O)N(C)c2ccc(C(=O)NCCCN3CCCC3)cc2)cc1. The van der Waals surface area contributed by atoms with Gasteiger partial charge in [-0.05, 0) is 82.2 Å². The Morgan fingerprint density at radius 3 is 2.28 bits per heavy atom. The van der Waals surface area contributed by atoms with Crippen molar-refractivity contribution in [1.29, 1.82) is 0 Å². The molecule has 3 rings (SSSR count). The number of nitrogens with one attached hydrogen (secondary N) is 1. The number of likely N-dealkylation sites (tertiary alicyclic amines) is 1. The van der Waals surface area contributed by atoms with Crippen molar-refractivity contribution in [3.05, 3.63) is 59.7 Å². The van der Waals surface area contributed by atoms with Gasteiger partial charge in [-0.1, -0.05) is 17.7 Å². The minimum absolute atomic E-state index is 0.137. The van der Waals surface area contributed by atoms with Crippen LogP contribution < -0.4 is 9.62 Å². The van der Waals surface area contributed by atoms with E-state index in [1.807, 2.05) is 6.92 Å². The van der Waals surface area contributed by atoms with E-state index < -0.39 is 10.0 Å². The van der Waals surface area contributed by atoms with Gasteiger partial charge in [0, 0.05) is 19.2 Å². The summed E-state index contributed by atoms with van der Waals surface area (Å²) in [7, 11) is -2.12. The van der Waals surface area contributed by atoms with E-state index in [0.29, 0.717) is 17.8 Å². The maximum atomic E-state index is 12.8. The zero-order chi connectivity index (χ0) is 20.9. The fourth-order valence-corrected chi connectivity index (χ4v) is 4.64. The molecule has 0 bridgehead atoms. The van der Waals surface area contributed by atoms with Gasteiger partial charge >= 0.3 is 0 Å². The number of carbonyl (C=O) groups is 1. The zero-order valence-corrected chi connectivity index (χ0v) is 17.9. The highest BCUT2D eigenvalue weighted by Crippen LogP contribution is 2.22. The molecule has 0 radical (unpaired) electrons. The number of benzene rings is 2. The minimum atomic E-state index is -3.64. The highest BCUT2D eigenvalue weighted by atomic mass is 32.2. The Morgan fingerprint density at radius 2 is 1.66 bits per heavy atom. The third-order valence-corrected chi connectivity index (χ3v) is 7.11. The van der Waals surface area contributed by atoms with Gasteiger partial charge in [0.1, 0.15) is 0 Å². The van der Waals surface area contributed by atoms with Gasteiger partial charge in [-0.15, -0.1) is 0 Å². The van der Waals surface area contributed by atoms with Gasteiger partial charge in [0.2, 0.25) is 0 Å². The summed E-state index contributed by atoms with van der Waals surface area (Å²) in [5.41, 5.74) is 2.04. The second-order valence-electron chi connectivity index (χ2n) is 7.49. The maximum absolute atomic E-state index is 12.8. The molecule has 1 aliphatic heterocycles. The molecule has 1 amide bonds. The van der Waals surface area contributed by atoms with Gasteiger partial charge in [-0.25, -0.2) is 8.42 Å². The van der Waals surface area contributed by atoms with Crippen molar-refractivity contribution in [1.82, 2.24) is 10.2 Å². The first-order valence-corrected chi connectivity index (χ1v) is 11.5. The Kier molecular flexibility index (Phi) is 6.92. The Morgan fingerprint density at radius 1 is 1.03 bits per heavy atom. The minimum Gasteiger partial charge on any atom is -0.352 e. The zero-order valence-electron chi connectivity index (χ0n) is 17.1. The average molecular weight is 416 g/mol. The third kappa shape index (κ3) is 5.36. The van der Waals surface area contributed by atoms with Crippen LogP contribution in [0.4, 0.5) is 5.69 Å². The molecule has 0 aromatic heterocycles. The summed E-state index contributed by atoms with van der Waals surface area (Å²) in [5.74, 6) is -0.137. The van der Waals surface area contributed by atoms with E-state index in [2.05, 4.69) is 10.2 Å². The predicted octanol–water partition coefficient (Wildman–Crippen LogP) is 3.04. The standard InChI is InChI=1S/C22H29N3O3S/c1-18-6-12-21(13-7-18)29(27,28)24(2)20-10-8-19(9-11-20)22(26)23-14-5-17-25-15-3-4-16-25/h6-13H,3-5,14-17H2,1-2H3,(H,23,26). The third-order valence-electron chi connectivity index (χ3n) is 5.31. The van der Waals surface area contributed by atoms with Crippen molar-refractivity contribution in [3.63, 3.8) is 0 Å². The molecule has 7 heteroatoms. The van der Waals surface area contributed by atoms with E-state index in [1.165, 1.54) is 24.2 Å². The van der Waals surface area contributed by atoms with Crippen LogP contribution in [0.3, 0.4) is 0 Å². The van der Waals surface area contributed by atoms with E-state index in [1.54, 1.807) is 48.5 Å². The lowest BCUT2D eigenvalue weighted by molar-refractivity contribution is 0.0952. The van der Waals surface area contributed by atoms with Crippen LogP contribution in [0.2, 0.25) is 0 Å². The van der Waals surface area contributed by atoms with Crippen molar-refractivity contribution in [2.75, 3.05) is 37.5 Å². The van der Waals surface area contributed by atoms with Gasteiger partial charge < -0.3 is 10.2 Å². The van der Waals surface area contributed by atoms with E-state index in [0.717, 1.165) is 31.6 Å². The molecule has 156 valence electrons. The van der Waals surface area contributed by atoms with Gasteiger partial charge in [0.25, 0.3) is 15.9 Å². The molecule has 0 aliphatic carbocycles. The van der Waals surface area contributed by atoms with Crippen molar-refractivity contribution < 1.29 is 13.2 Å². The number of hydrogen-bond donors (Lipinski definition) is 1. The molecular formula is C22H29N3O3S. The van der Waals surface area contributed by atoms with Crippen LogP contribution >= 0.6 is 0 Å². The molecule has 0 spiro atoms. The molecule has 2 aromatic carbocycles. The number of anilines is 1. The first-order chi connectivity index (χ1) is 13.9. The molecule has 0 unspecified atom stereocenters. The molecule has 1 saturated heterocycles. The highest BCUT2D eigenvalue weighted by Gasteiger charge is 2.21. The summed E-state index contributed by atoms with van der Waals surface area (Å²) in [6.07, 6.45) is 3.47. The Labute approximate surface area is 173 Å². The second kappa shape index (κ2) is 9.41. The van der Waals surface area contributed by atoms with Crippen LogP contribution in [0.25, 0.3) is 0 Å². The predicted molar refractivity (Wildman–Crippen MR) is 116 cm³/mol. The number of nitrogens with zero attached hydrogens (tertiary/aromatic N) is 2. The number of sulfonamides is 1. The molecule has 0 saturated carbocycles. The molecule has 2 aromatic rings.